The maximum Gasteiger partial charge on any atom is 0.321 e. The fourth-order valence-electron chi connectivity index (χ4n) is 0.921. The van der Waals surface area contributed by atoms with Gasteiger partial charge in [0.15, 0.2) is 11.6 Å². The number of hydrogen-bond acceptors (Lipinski definition) is 5. The molecule has 0 aliphatic rings. The summed E-state index contributed by atoms with van der Waals surface area (Å²) in [6, 6.07) is 0.999. The number of hydrogen-bond donors (Lipinski definition) is 1. The van der Waals surface area contributed by atoms with E-state index in [2.05, 4.69) is 17.4 Å². The summed E-state index contributed by atoms with van der Waals surface area (Å²) in [4.78, 5) is 21.1. The lowest BCUT2D eigenvalue weighted by Crippen LogP contribution is -2.23. The molecule has 86 valence electrons. The molecule has 0 fully saturated rings. The molecule has 1 aromatic rings. The number of thiol groups is 1. The highest BCUT2D eigenvalue weighted by atomic mass is 32.1. The van der Waals surface area contributed by atoms with Gasteiger partial charge >= 0.3 is 5.97 Å². The molecular formula is C9H5F2O4S-. The summed E-state index contributed by atoms with van der Waals surface area (Å²) >= 11 is 3.54. The van der Waals surface area contributed by atoms with Gasteiger partial charge in [0.1, 0.15) is 0 Å². The van der Waals surface area contributed by atoms with Crippen molar-refractivity contribution in [3.63, 3.8) is 0 Å². The van der Waals surface area contributed by atoms with Crippen LogP contribution in [0, 0.1) is 11.6 Å². The van der Waals surface area contributed by atoms with Crippen LogP contribution in [-0.4, -0.2) is 17.7 Å². The summed E-state index contributed by atoms with van der Waals surface area (Å²) in [6.07, 6.45) is 0. The van der Waals surface area contributed by atoms with Gasteiger partial charge in [0.2, 0.25) is 5.75 Å². The Balaban J connectivity index is 3.12. The Morgan fingerprint density at radius 1 is 1.31 bits per heavy atom. The maximum atomic E-state index is 13.1. The van der Waals surface area contributed by atoms with Crippen LogP contribution in [0.1, 0.15) is 10.4 Å². The highest BCUT2D eigenvalue weighted by molar-refractivity contribution is 7.81. The minimum atomic E-state index is -1.73. The van der Waals surface area contributed by atoms with Crippen LogP contribution in [0.2, 0.25) is 0 Å². The van der Waals surface area contributed by atoms with E-state index in [1.54, 1.807) is 0 Å². The highest BCUT2D eigenvalue weighted by Crippen LogP contribution is 2.23. The molecule has 0 aromatic heterocycles. The van der Waals surface area contributed by atoms with Crippen molar-refractivity contribution in [1.29, 1.82) is 0 Å². The van der Waals surface area contributed by atoms with Crippen molar-refractivity contribution >= 4 is 24.6 Å². The zero-order valence-corrected chi connectivity index (χ0v) is 8.59. The van der Waals surface area contributed by atoms with Gasteiger partial charge in [-0.2, -0.15) is 12.6 Å². The quantitative estimate of drug-likeness (QED) is 0.469. The number of benzene rings is 1. The molecule has 16 heavy (non-hydrogen) atoms. The van der Waals surface area contributed by atoms with E-state index in [0.717, 1.165) is 0 Å². The highest BCUT2D eigenvalue weighted by Gasteiger charge is 2.15. The largest absolute Gasteiger partial charge is 0.545 e. The van der Waals surface area contributed by atoms with Gasteiger partial charge in [-0.05, 0) is 12.1 Å². The molecule has 0 aliphatic heterocycles. The second-order valence-electron chi connectivity index (χ2n) is 2.69. The second-order valence-corrected chi connectivity index (χ2v) is 3.00. The molecular weight excluding hydrogens is 242 g/mol. The summed E-state index contributed by atoms with van der Waals surface area (Å²) in [5, 5.41) is 10.3. The number of carboxylic acids is 1. The molecule has 0 amide bonds. The first-order chi connectivity index (χ1) is 7.45. The average molecular weight is 247 g/mol. The lowest BCUT2D eigenvalue weighted by molar-refractivity contribution is -0.255. The molecule has 0 unspecified atom stereocenters. The zero-order chi connectivity index (χ0) is 12.3. The molecule has 1 aromatic carbocycles. The minimum Gasteiger partial charge on any atom is -0.545 e. The van der Waals surface area contributed by atoms with E-state index in [4.69, 9.17) is 0 Å². The van der Waals surface area contributed by atoms with Crippen molar-refractivity contribution in [1.82, 2.24) is 0 Å². The van der Waals surface area contributed by atoms with Gasteiger partial charge in [0.05, 0.1) is 11.7 Å². The molecule has 0 saturated heterocycles. The van der Waals surface area contributed by atoms with Gasteiger partial charge in [0, 0.05) is 5.56 Å². The van der Waals surface area contributed by atoms with Gasteiger partial charge in [-0.15, -0.1) is 0 Å². The standard InChI is InChI=1S/C9H6F2O4S/c10-5-1-4(9(13)14)2-6(11)8(5)15-7(12)3-16/h1-2,16H,3H2,(H,13,14)/p-1. The fraction of sp³-hybridized carbons (Fsp3) is 0.111. The lowest BCUT2D eigenvalue weighted by Gasteiger charge is -2.08. The third-order valence-electron chi connectivity index (χ3n) is 1.58. The van der Waals surface area contributed by atoms with Crippen molar-refractivity contribution in [2.75, 3.05) is 5.75 Å². The van der Waals surface area contributed by atoms with Crippen LogP contribution in [0.25, 0.3) is 0 Å². The summed E-state index contributed by atoms with van der Waals surface area (Å²) in [6.45, 7) is 0. The molecule has 4 nitrogen and oxygen atoms in total. The fourth-order valence-corrected chi connectivity index (χ4v) is 0.986. The SMILES string of the molecule is O=C(CS)Oc1c(F)cc(C(=O)[O-])cc1F. The van der Waals surface area contributed by atoms with Crippen LogP contribution in [-0.2, 0) is 4.79 Å². The van der Waals surface area contributed by atoms with Gasteiger partial charge in [-0.25, -0.2) is 8.78 Å². The molecule has 0 aliphatic carbocycles. The molecule has 7 heteroatoms. The van der Waals surface area contributed by atoms with E-state index in [0.29, 0.717) is 12.1 Å². The van der Waals surface area contributed by atoms with Gasteiger partial charge in [0.25, 0.3) is 0 Å². The molecule has 0 heterocycles. The molecule has 0 atom stereocenters. The average Bonchev–Trinajstić information content (AvgIpc) is 2.22. The number of esters is 1. The predicted molar refractivity (Wildman–Crippen MR) is 50.2 cm³/mol. The summed E-state index contributed by atoms with van der Waals surface area (Å²) in [5.74, 6) is -6.60. The predicted octanol–water partition coefficient (Wildman–Crippen LogP) is 0.164. The van der Waals surface area contributed by atoms with E-state index >= 15 is 0 Å². The Bertz CT molecular complexity index is 424. The first-order valence-electron chi connectivity index (χ1n) is 3.97. The monoisotopic (exact) mass is 247 g/mol. The van der Waals surface area contributed by atoms with Crippen LogP contribution in [0.15, 0.2) is 12.1 Å². The van der Waals surface area contributed by atoms with E-state index in [9.17, 15) is 23.5 Å². The smallest absolute Gasteiger partial charge is 0.321 e. The van der Waals surface area contributed by atoms with Gasteiger partial charge < -0.3 is 14.6 Å². The molecule has 0 spiro atoms. The van der Waals surface area contributed by atoms with Crippen LogP contribution in [0.4, 0.5) is 8.78 Å². The van der Waals surface area contributed by atoms with E-state index in [-0.39, 0.29) is 5.75 Å². The Hall–Kier alpha value is -1.63. The number of carbonyl (C=O) groups is 2. The van der Waals surface area contributed by atoms with Crippen molar-refractivity contribution in [3.05, 3.63) is 29.3 Å². The number of halogens is 2. The number of rotatable bonds is 3. The van der Waals surface area contributed by atoms with E-state index < -0.39 is 34.9 Å². The van der Waals surface area contributed by atoms with Gasteiger partial charge in [-0.3, -0.25) is 4.79 Å². The zero-order valence-electron chi connectivity index (χ0n) is 7.70. The third kappa shape index (κ3) is 2.69. The Morgan fingerprint density at radius 3 is 2.19 bits per heavy atom. The van der Waals surface area contributed by atoms with Crippen molar-refractivity contribution in [2.24, 2.45) is 0 Å². The van der Waals surface area contributed by atoms with Crippen molar-refractivity contribution in [3.8, 4) is 5.75 Å². The van der Waals surface area contributed by atoms with Crippen molar-refractivity contribution in [2.45, 2.75) is 0 Å². The normalized spacial score (nSPS) is 9.94. The first-order valence-corrected chi connectivity index (χ1v) is 4.61. The Kier molecular flexibility index (Phi) is 3.83. The van der Waals surface area contributed by atoms with E-state index in [1.807, 2.05) is 0 Å². The summed E-state index contributed by atoms with van der Waals surface area (Å²) < 4.78 is 30.6. The van der Waals surface area contributed by atoms with Crippen LogP contribution in [0.3, 0.4) is 0 Å². The summed E-state index contributed by atoms with van der Waals surface area (Å²) in [5.41, 5.74) is -0.680. The Morgan fingerprint density at radius 2 is 1.81 bits per heavy atom. The maximum absolute atomic E-state index is 13.1. The third-order valence-corrected chi connectivity index (χ3v) is 1.84. The number of aromatic carboxylic acids is 1. The van der Waals surface area contributed by atoms with Crippen LogP contribution >= 0.6 is 12.6 Å². The first kappa shape index (κ1) is 12.4. The Labute approximate surface area is 94.2 Å². The second kappa shape index (κ2) is 4.93. The summed E-state index contributed by atoms with van der Waals surface area (Å²) in [7, 11) is 0. The van der Waals surface area contributed by atoms with Gasteiger partial charge in [-0.1, -0.05) is 0 Å². The topological polar surface area (TPSA) is 66.4 Å². The number of carboxylic acid groups (broad SMARTS) is 1. The van der Waals surface area contributed by atoms with Crippen LogP contribution < -0.4 is 9.84 Å². The molecule has 0 bridgehead atoms. The van der Waals surface area contributed by atoms with E-state index in [1.165, 1.54) is 0 Å². The number of carbonyl (C=O) groups excluding carboxylic acids is 2. The number of ether oxygens (including phenoxy) is 1. The van der Waals surface area contributed by atoms with Crippen molar-refractivity contribution < 1.29 is 28.2 Å². The molecule has 0 radical (unpaired) electrons. The minimum absolute atomic E-state index is 0.360. The molecule has 1 rings (SSSR count). The molecule has 0 N–H and O–H groups in total. The lowest BCUT2D eigenvalue weighted by atomic mass is 10.2. The molecule has 0 saturated carbocycles. The van der Waals surface area contributed by atoms with Crippen LogP contribution in [0.5, 0.6) is 5.75 Å².